The minimum atomic E-state index is -0.423. The zero-order valence-corrected chi connectivity index (χ0v) is 9.08. The highest BCUT2D eigenvalue weighted by Crippen LogP contribution is 2.03. The standard InChI is InChI=1S/C10H19N3O2/c1-2-3-8(11)10(15)13-7-4-5-9(14)12-6-7/h7-8H,2-6,11H2,1H3,(H,12,14)(H,13,15). The molecule has 1 saturated heterocycles. The topological polar surface area (TPSA) is 84.2 Å². The van der Waals surface area contributed by atoms with E-state index in [1.54, 1.807) is 0 Å². The summed E-state index contributed by atoms with van der Waals surface area (Å²) < 4.78 is 0. The Hall–Kier alpha value is -1.10. The fraction of sp³-hybridized carbons (Fsp3) is 0.800. The van der Waals surface area contributed by atoms with Crippen molar-refractivity contribution in [3.63, 3.8) is 0 Å². The van der Waals surface area contributed by atoms with E-state index in [1.165, 1.54) is 0 Å². The average Bonchev–Trinajstić information content (AvgIpc) is 2.22. The molecular weight excluding hydrogens is 194 g/mol. The third kappa shape index (κ3) is 3.87. The van der Waals surface area contributed by atoms with E-state index in [9.17, 15) is 9.59 Å². The van der Waals surface area contributed by atoms with Gasteiger partial charge in [0.25, 0.3) is 0 Å². The van der Waals surface area contributed by atoms with Crippen LogP contribution >= 0.6 is 0 Å². The molecule has 4 N–H and O–H groups in total. The predicted octanol–water partition coefficient (Wildman–Crippen LogP) is -0.491. The van der Waals surface area contributed by atoms with E-state index >= 15 is 0 Å². The van der Waals surface area contributed by atoms with Crippen molar-refractivity contribution in [2.45, 2.75) is 44.7 Å². The van der Waals surface area contributed by atoms with Crippen LogP contribution in [0.4, 0.5) is 0 Å². The summed E-state index contributed by atoms with van der Waals surface area (Å²) in [4.78, 5) is 22.4. The van der Waals surface area contributed by atoms with E-state index in [0.29, 0.717) is 25.8 Å². The SMILES string of the molecule is CCCC(N)C(=O)NC1CCC(=O)NC1. The molecule has 0 aromatic heterocycles. The third-order valence-corrected chi connectivity index (χ3v) is 2.55. The second kappa shape index (κ2) is 5.70. The van der Waals surface area contributed by atoms with E-state index in [0.717, 1.165) is 6.42 Å². The molecule has 1 aliphatic heterocycles. The van der Waals surface area contributed by atoms with E-state index in [1.807, 2.05) is 6.92 Å². The van der Waals surface area contributed by atoms with Crippen LogP contribution in [0.2, 0.25) is 0 Å². The Balaban J connectivity index is 2.28. The lowest BCUT2D eigenvalue weighted by Crippen LogP contribution is -2.51. The number of hydrogen-bond acceptors (Lipinski definition) is 3. The lowest BCUT2D eigenvalue weighted by molar-refractivity contribution is -0.126. The third-order valence-electron chi connectivity index (χ3n) is 2.55. The molecule has 0 saturated carbocycles. The molecule has 1 fully saturated rings. The summed E-state index contributed by atoms with van der Waals surface area (Å²) in [6.45, 7) is 2.51. The van der Waals surface area contributed by atoms with Gasteiger partial charge in [0.1, 0.15) is 0 Å². The maximum atomic E-state index is 11.5. The molecule has 2 unspecified atom stereocenters. The number of carbonyl (C=O) groups excluding carboxylic acids is 2. The number of hydrogen-bond donors (Lipinski definition) is 3. The van der Waals surface area contributed by atoms with E-state index in [2.05, 4.69) is 10.6 Å². The van der Waals surface area contributed by atoms with Crippen molar-refractivity contribution in [1.82, 2.24) is 10.6 Å². The Labute approximate surface area is 89.8 Å². The van der Waals surface area contributed by atoms with Crippen LogP contribution in [0.5, 0.6) is 0 Å². The Morgan fingerprint density at radius 3 is 3.00 bits per heavy atom. The van der Waals surface area contributed by atoms with Gasteiger partial charge in [-0.2, -0.15) is 0 Å². The summed E-state index contributed by atoms with van der Waals surface area (Å²) in [7, 11) is 0. The van der Waals surface area contributed by atoms with Gasteiger partial charge in [0.15, 0.2) is 0 Å². The largest absolute Gasteiger partial charge is 0.354 e. The molecule has 2 amide bonds. The quantitative estimate of drug-likeness (QED) is 0.589. The van der Waals surface area contributed by atoms with Gasteiger partial charge in [-0.25, -0.2) is 0 Å². The van der Waals surface area contributed by atoms with Gasteiger partial charge in [0, 0.05) is 19.0 Å². The summed E-state index contributed by atoms with van der Waals surface area (Å²) in [5.74, 6) is -0.0589. The van der Waals surface area contributed by atoms with Gasteiger partial charge in [-0.3, -0.25) is 9.59 Å². The first-order valence-electron chi connectivity index (χ1n) is 5.46. The number of nitrogens with two attached hydrogens (primary N) is 1. The normalized spacial score (nSPS) is 23.1. The van der Waals surface area contributed by atoms with Crippen molar-refractivity contribution in [3.05, 3.63) is 0 Å². The van der Waals surface area contributed by atoms with Crippen molar-refractivity contribution in [1.29, 1.82) is 0 Å². The highest BCUT2D eigenvalue weighted by molar-refractivity contribution is 5.82. The second-order valence-corrected chi connectivity index (χ2v) is 3.94. The van der Waals surface area contributed by atoms with Gasteiger partial charge in [0.05, 0.1) is 6.04 Å². The van der Waals surface area contributed by atoms with Crippen LogP contribution in [0, 0.1) is 0 Å². The number of nitrogens with one attached hydrogen (secondary N) is 2. The van der Waals surface area contributed by atoms with Gasteiger partial charge in [-0.15, -0.1) is 0 Å². The van der Waals surface area contributed by atoms with Gasteiger partial charge >= 0.3 is 0 Å². The number of carbonyl (C=O) groups is 2. The highest BCUT2D eigenvalue weighted by atomic mass is 16.2. The van der Waals surface area contributed by atoms with Gasteiger partial charge in [-0.1, -0.05) is 13.3 Å². The lowest BCUT2D eigenvalue weighted by Gasteiger charge is -2.24. The molecule has 1 rings (SSSR count). The Bertz CT molecular complexity index is 233. The molecule has 0 aromatic carbocycles. The van der Waals surface area contributed by atoms with Crippen LogP contribution in [0.1, 0.15) is 32.6 Å². The monoisotopic (exact) mass is 213 g/mol. The van der Waals surface area contributed by atoms with Crippen LogP contribution in [-0.2, 0) is 9.59 Å². The van der Waals surface area contributed by atoms with Gasteiger partial charge < -0.3 is 16.4 Å². The first-order valence-corrected chi connectivity index (χ1v) is 5.46. The molecule has 0 bridgehead atoms. The van der Waals surface area contributed by atoms with E-state index in [4.69, 9.17) is 5.73 Å². The second-order valence-electron chi connectivity index (χ2n) is 3.94. The van der Waals surface area contributed by atoms with Crippen LogP contribution in [0.15, 0.2) is 0 Å². The van der Waals surface area contributed by atoms with Crippen molar-refractivity contribution in [3.8, 4) is 0 Å². The zero-order chi connectivity index (χ0) is 11.3. The van der Waals surface area contributed by atoms with Crippen molar-refractivity contribution in [2.75, 3.05) is 6.54 Å². The maximum absolute atomic E-state index is 11.5. The fourth-order valence-electron chi connectivity index (χ4n) is 1.61. The predicted molar refractivity (Wildman–Crippen MR) is 57.1 cm³/mol. The van der Waals surface area contributed by atoms with Crippen molar-refractivity contribution >= 4 is 11.8 Å². The Morgan fingerprint density at radius 2 is 2.47 bits per heavy atom. The average molecular weight is 213 g/mol. The molecule has 1 aliphatic rings. The molecule has 1 heterocycles. The summed E-state index contributed by atoms with van der Waals surface area (Å²) in [6.07, 6.45) is 2.78. The number of piperidine rings is 1. The molecule has 0 aromatic rings. The van der Waals surface area contributed by atoms with Crippen LogP contribution in [0.3, 0.4) is 0 Å². The Kier molecular flexibility index (Phi) is 4.55. The molecule has 5 heteroatoms. The molecule has 0 spiro atoms. The molecular formula is C10H19N3O2. The van der Waals surface area contributed by atoms with Crippen molar-refractivity contribution in [2.24, 2.45) is 5.73 Å². The van der Waals surface area contributed by atoms with Crippen molar-refractivity contribution < 1.29 is 9.59 Å². The number of amides is 2. The Morgan fingerprint density at radius 1 is 1.73 bits per heavy atom. The fourth-order valence-corrected chi connectivity index (χ4v) is 1.61. The first-order chi connectivity index (χ1) is 7.13. The van der Waals surface area contributed by atoms with E-state index in [-0.39, 0.29) is 17.9 Å². The molecule has 86 valence electrons. The summed E-state index contributed by atoms with van der Waals surface area (Å²) in [5.41, 5.74) is 5.67. The number of rotatable bonds is 4. The summed E-state index contributed by atoms with van der Waals surface area (Å²) in [6, 6.07) is -0.384. The van der Waals surface area contributed by atoms with E-state index < -0.39 is 6.04 Å². The molecule has 0 radical (unpaired) electrons. The van der Waals surface area contributed by atoms with Gasteiger partial charge in [-0.05, 0) is 12.8 Å². The molecule has 2 atom stereocenters. The lowest BCUT2D eigenvalue weighted by atomic mass is 10.1. The summed E-state index contributed by atoms with van der Waals surface area (Å²) in [5, 5.41) is 5.56. The molecule has 5 nitrogen and oxygen atoms in total. The zero-order valence-electron chi connectivity index (χ0n) is 9.08. The van der Waals surface area contributed by atoms with Crippen LogP contribution in [-0.4, -0.2) is 30.4 Å². The smallest absolute Gasteiger partial charge is 0.237 e. The van der Waals surface area contributed by atoms with Gasteiger partial charge in [0.2, 0.25) is 11.8 Å². The molecule has 0 aliphatic carbocycles. The first kappa shape index (κ1) is 12.0. The summed E-state index contributed by atoms with van der Waals surface area (Å²) >= 11 is 0. The highest BCUT2D eigenvalue weighted by Gasteiger charge is 2.21. The van der Waals surface area contributed by atoms with Crippen LogP contribution < -0.4 is 16.4 Å². The van der Waals surface area contributed by atoms with Crippen LogP contribution in [0.25, 0.3) is 0 Å². The maximum Gasteiger partial charge on any atom is 0.237 e. The minimum Gasteiger partial charge on any atom is -0.354 e. The minimum absolute atomic E-state index is 0.0399. The molecule has 15 heavy (non-hydrogen) atoms.